The van der Waals surface area contributed by atoms with Crippen LogP contribution in [-0.2, 0) is 5.41 Å². The molecule has 1 aliphatic carbocycles. The molecule has 2 heterocycles. The van der Waals surface area contributed by atoms with E-state index in [2.05, 4.69) is 184 Å². The third kappa shape index (κ3) is 4.97. The van der Waals surface area contributed by atoms with Crippen LogP contribution in [0, 0.1) is 0 Å². The molecule has 2 nitrogen and oxygen atoms in total. The molecule has 12 rings (SSSR count). The summed E-state index contributed by atoms with van der Waals surface area (Å²) in [6.07, 6.45) is 3.58. The van der Waals surface area contributed by atoms with Gasteiger partial charge in [0.1, 0.15) is 0 Å². The number of nitrogens with zero attached hydrogens (tertiary/aromatic N) is 2. The summed E-state index contributed by atoms with van der Waals surface area (Å²) in [5.74, 6) is 0. The van der Waals surface area contributed by atoms with E-state index in [9.17, 15) is 0 Å². The van der Waals surface area contributed by atoms with E-state index in [1.54, 1.807) is 12.4 Å². The first-order chi connectivity index (χ1) is 28.5. The van der Waals surface area contributed by atoms with Gasteiger partial charge in [0.25, 0.3) is 0 Å². The first-order valence-corrected chi connectivity index (χ1v) is 20.8. The molecule has 2 aromatic heterocycles. The summed E-state index contributed by atoms with van der Waals surface area (Å²) >= 11 is 1.89. The summed E-state index contributed by atoms with van der Waals surface area (Å²) in [5.41, 5.74) is 17.0. The minimum absolute atomic E-state index is 0.131. The molecule has 0 spiro atoms. The van der Waals surface area contributed by atoms with Crippen LogP contribution in [0.4, 0.5) is 0 Å². The predicted molar refractivity (Wildman–Crippen MR) is 247 cm³/mol. The molecule has 272 valence electrons. The smallest absolute Gasteiger partial charge is 0.0971 e. The van der Waals surface area contributed by atoms with Gasteiger partial charge in [-0.2, -0.15) is 0 Å². The van der Waals surface area contributed by atoms with E-state index in [1.807, 2.05) is 11.3 Å². The van der Waals surface area contributed by atoms with Crippen molar-refractivity contribution in [3.63, 3.8) is 0 Å². The minimum atomic E-state index is -0.131. The molecule has 58 heavy (non-hydrogen) atoms. The van der Waals surface area contributed by atoms with Crippen LogP contribution in [0.2, 0.25) is 0 Å². The average molecular weight is 757 g/mol. The number of rotatable bonds is 4. The van der Waals surface area contributed by atoms with Gasteiger partial charge in [-0.15, -0.1) is 11.3 Å². The summed E-state index contributed by atoms with van der Waals surface area (Å²) < 4.78 is 2.69. The molecule has 0 fully saturated rings. The molecule has 0 aliphatic heterocycles. The van der Waals surface area contributed by atoms with Crippen molar-refractivity contribution in [2.75, 3.05) is 0 Å². The van der Waals surface area contributed by atoms with Crippen LogP contribution in [-0.4, -0.2) is 9.97 Å². The van der Waals surface area contributed by atoms with Gasteiger partial charge < -0.3 is 0 Å². The summed E-state index contributed by atoms with van der Waals surface area (Å²) in [5, 5.41) is 7.35. The van der Waals surface area contributed by atoms with Crippen molar-refractivity contribution >= 4 is 64.1 Å². The number of hydrogen-bond donors (Lipinski definition) is 0. The number of thiophene rings is 1. The van der Waals surface area contributed by atoms with E-state index in [0.29, 0.717) is 0 Å². The second-order valence-electron chi connectivity index (χ2n) is 16.1. The molecular weight excluding hydrogens is 721 g/mol. The molecule has 0 amide bonds. The molecule has 0 unspecified atom stereocenters. The Labute approximate surface area is 340 Å². The monoisotopic (exact) mass is 756 g/mol. The van der Waals surface area contributed by atoms with E-state index >= 15 is 0 Å². The summed E-state index contributed by atoms with van der Waals surface area (Å²) in [6, 6.07) is 62.9. The molecule has 0 saturated heterocycles. The second-order valence-corrected chi connectivity index (χ2v) is 17.2. The summed E-state index contributed by atoms with van der Waals surface area (Å²) in [7, 11) is 0. The zero-order chi connectivity index (χ0) is 38.5. The second kappa shape index (κ2) is 12.5. The molecule has 0 N–H and O–H groups in total. The van der Waals surface area contributed by atoms with E-state index in [1.165, 1.54) is 97.7 Å². The molecule has 0 radical (unpaired) electrons. The first-order valence-electron chi connectivity index (χ1n) is 20.0. The summed E-state index contributed by atoms with van der Waals surface area (Å²) in [4.78, 5) is 9.52. The van der Waals surface area contributed by atoms with Gasteiger partial charge >= 0.3 is 0 Å². The Hall–Kier alpha value is -6.94. The fourth-order valence-corrected chi connectivity index (χ4v) is 10.8. The Balaban J connectivity index is 0.844. The van der Waals surface area contributed by atoms with Crippen molar-refractivity contribution < 1.29 is 0 Å². The lowest BCUT2D eigenvalue weighted by Crippen LogP contribution is -2.15. The third-order valence-electron chi connectivity index (χ3n) is 12.6. The molecule has 9 aromatic carbocycles. The van der Waals surface area contributed by atoms with E-state index < -0.39 is 0 Å². The number of fused-ring (bicyclic) bond motifs is 12. The zero-order valence-electron chi connectivity index (χ0n) is 32.1. The first kappa shape index (κ1) is 33.2. The highest BCUT2D eigenvalue weighted by Gasteiger charge is 2.36. The van der Waals surface area contributed by atoms with E-state index in [4.69, 9.17) is 9.97 Å². The van der Waals surface area contributed by atoms with Crippen LogP contribution in [0.15, 0.2) is 182 Å². The van der Waals surface area contributed by atoms with Gasteiger partial charge in [-0.05, 0) is 102 Å². The Morgan fingerprint density at radius 1 is 0.362 bits per heavy atom. The van der Waals surface area contributed by atoms with Crippen LogP contribution in [0.1, 0.15) is 25.0 Å². The highest BCUT2D eigenvalue weighted by atomic mass is 32.1. The largest absolute Gasteiger partial charge is 0.252 e. The Kier molecular flexibility index (Phi) is 7.18. The Bertz CT molecular complexity index is 3430. The van der Waals surface area contributed by atoms with Crippen molar-refractivity contribution in [3.8, 4) is 55.6 Å². The molecule has 0 bridgehead atoms. The molecule has 0 saturated carbocycles. The molecule has 0 atom stereocenters. The summed E-state index contributed by atoms with van der Waals surface area (Å²) in [6.45, 7) is 4.75. The van der Waals surface area contributed by atoms with Gasteiger partial charge in [-0.3, -0.25) is 9.97 Å². The van der Waals surface area contributed by atoms with E-state index in [-0.39, 0.29) is 5.41 Å². The molecule has 11 aromatic rings. The Morgan fingerprint density at radius 3 is 1.50 bits per heavy atom. The molecule has 3 heteroatoms. The fraction of sp³-hybridized carbons (Fsp3) is 0.0545. The van der Waals surface area contributed by atoms with Crippen LogP contribution in [0.25, 0.3) is 108 Å². The highest BCUT2D eigenvalue weighted by Crippen LogP contribution is 2.51. The maximum atomic E-state index is 4.79. The van der Waals surface area contributed by atoms with Crippen LogP contribution < -0.4 is 0 Å². The fourth-order valence-electron chi connectivity index (χ4n) is 9.58. The zero-order valence-corrected chi connectivity index (χ0v) is 32.9. The lowest BCUT2D eigenvalue weighted by molar-refractivity contribution is 0.661. The van der Waals surface area contributed by atoms with E-state index in [0.717, 1.165) is 21.8 Å². The maximum Gasteiger partial charge on any atom is 0.0971 e. The van der Waals surface area contributed by atoms with Gasteiger partial charge in [-0.25, -0.2) is 0 Å². The van der Waals surface area contributed by atoms with Crippen LogP contribution in [0.3, 0.4) is 0 Å². The topological polar surface area (TPSA) is 25.8 Å². The SMILES string of the molecule is CC1(C)c2cc(-c3ccc(-c4ccc5c6ccccc6c6nccnc6c5c4)cc3)ccc2-c2ccc(-c3ccc(-c4cccc5c4sc4ccccc45)cc3)cc21. The highest BCUT2D eigenvalue weighted by molar-refractivity contribution is 7.26. The van der Waals surface area contributed by atoms with Gasteiger partial charge in [0.15, 0.2) is 0 Å². The van der Waals surface area contributed by atoms with Gasteiger partial charge in [0, 0.05) is 48.8 Å². The number of benzene rings is 9. The van der Waals surface area contributed by atoms with Gasteiger partial charge in [0.05, 0.1) is 11.0 Å². The Morgan fingerprint density at radius 2 is 0.845 bits per heavy atom. The molecule has 1 aliphatic rings. The predicted octanol–water partition coefficient (Wildman–Crippen LogP) is 15.3. The van der Waals surface area contributed by atoms with Crippen molar-refractivity contribution in [3.05, 3.63) is 193 Å². The lowest BCUT2D eigenvalue weighted by atomic mass is 9.80. The quantitative estimate of drug-likeness (QED) is 0.167. The lowest BCUT2D eigenvalue weighted by Gasteiger charge is -2.22. The molecular formula is C55H36N2S. The number of hydrogen-bond acceptors (Lipinski definition) is 3. The maximum absolute atomic E-state index is 4.79. The van der Waals surface area contributed by atoms with Crippen LogP contribution >= 0.6 is 11.3 Å². The van der Waals surface area contributed by atoms with Crippen molar-refractivity contribution in [2.45, 2.75) is 19.3 Å². The minimum Gasteiger partial charge on any atom is -0.252 e. The van der Waals surface area contributed by atoms with Gasteiger partial charge in [0.2, 0.25) is 0 Å². The third-order valence-corrected chi connectivity index (χ3v) is 13.8. The van der Waals surface area contributed by atoms with Crippen molar-refractivity contribution in [2.24, 2.45) is 0 Å². The number of aromatic nitrogens is 2. The normalized spacial score (nSPS) is 13.1. The van der Waals surface area contributed by atoms with Crippen LogP contribution in [0.5, 0.6) is 0 Å². The van der Waals surface area contributed by atoms with Gasteiger partial charge in [-0.1, -0.05) is 159 Å². The van der Waals surface area contributed by atoms with Crippen molar-refractivity contribution in [1.82, 2.24) is 9.97 Å². The average Bonchev–Trinajstić information content (AvgIpc) is 3.78. The van der Waals surface area contributed by atoms with Crippen molar-refractivity contribution in [1.29, 1.82) is 0 Å². The standard InChI is InChI=1S/C55H36N2S/c1-55(2)49-31-38(34-16-14-33(15-17-34)37-22-25-42-41-8-3-4-10-46(41)52-53(48(42)30-37)57-29-28-56-52)23-26-43(49)44-27-24-39(32-50(44)55)35-18-20-36(21-19-35)40-11-7-12-47-45-9-5-6-13-51(45)58-54(40)47/h3-32H,1-2H3.